The molecule has 3 N–H and O–H groups in total. The fraction of sp³-hybridized carbons (Fsp3) is 0.560. The summed E-state index contributed by atoms with van der Waals surface area (Å²) in [6.07, 6.45) is 10.0. The van der Waals surface area contributed by atoms with Crippen LogP contribution in [-0.4, -0.2) is 62.0 Å². The van der Waals surface area contributed by atoms with Crippen molar-refractivity contribution >= 4 is 33.3 Å². The molecule has 0 bridgehead atoms. The Balaban J connectivity index is 0.00000176. The molecule has 1 aliphatic heterocycles. The Morgan fingerprint density at radius 1 is 1.28 bits per heavy atom. The lowest BCUT2D eigenvalue weighted by Gasteiger charge is -2.41. The summed E-state index contributed by atoms with van der Waals surface area (Å²) < 4.78 is 5.85. The smallest absolute Gasteiger partial charge is 0.321 e. The molecule has 1 aliphatic carbocycles. The maximum Gasteiger partial charge on any atom is 0.321 e. The third-order valence-corrected chi connectivity index (χ3v) is 6.22. The zero-order chi connectivity index (χ0) is 23.5. The Kier molecular flexibility index (Phi) is 11.1. The van der Waals surface area contributed by atoms with Gasteiger partial charge < -0.3 is 25.6 Å². The normalized spacial score (nSPS) is 20.4. The molecule has 2 fully saturated rings. The summed E-state index contributed by atoms with van der Waals surface area (Å²) in [5, 5.41) is 3.10. The lowest BCUT2D eigenvalue weighted by molar-refractivity contribution is 0.108. The quantitative estimate of drug-likeness (QED) is 0.395. The van der Waals surface area contributed by atoms with E-state index in [0.717, 1.165) is 48.1 Å². The molecule has 2 amide bonds. The van der Waals surface area contributed by atoms with Crippen molar-refractivity contribution in [2.24, 2.45) is 17.6 Å². The molecule has 1 saturated carbocycles. The van der Waals surface area contributed by atoms with E-state index in [1.54, 1.807) is 6.08 Å². The highest BCUT2D eigenvalue weighted by atomic mass is 79.9. The highest BCUT2D eigenvalue weighted by molar-refractivity contribution is 9.08. The SMILES string of the molecule is C=C/C=C(/c1cc(NC(=O)N2CCC3CCCCC3C2)ccc1OCCN)N(C)C.CBr. The molecule has 0 aromatic heterocycles. The summed E-state index contributed by atoms with van der Waals surface area (Å²) in [6, 6.07) is 5.74. The van der Waals surface area contributed by atoms with Gasteiger partial charge in [-0.05, 0) is 54.8 Å². The molecular weight excluding hydrogens is 468 g/mol. The number of hydrogen-bond acceptors (Lipinski definition) is 4. The van der Waals surface area contributed by atoms with Crippen LogP contribution < -0.4 is 15.8 Å². The van der Waals surface area contributed by atoms with E-state index < -0.39 is 0 Å². The summed E-state index contributed by atoms with van der Waals surface area (Å²) >= 11 is 2.94. The molecule has 32 heavy (non-hydrogen) atoms. The van der Waals surface area contributed by atoms with Gasteiger partial charge in [-0.3, -0.25) is 0 Å². The van der Waals surface area contributed by atoms with Gasteiger partial charge in [0.05, 0.1) is 0 Å². The van der Waals surface area contributed by atoms with Crippen molar-refractivity contribution in [1.82, 2.24) is 9.80 Å². The second-order valence-electron chi connectivity index (χ2n) is 8.50. The van der Waals surface area contributed by atoms with Gasteiger partial charge in [-0.25, -0.2) is 4.79 Å². The van der Waals surface area contributed by atoms with E-state index in [1.807, 2.05) is 54.0 Å². The number of alkyl halides is 1. The van der Waals surface area contributed by atoms with Gasteiger partial charge in [-0.2, -0.15) is 0 Å². The molecular formula is C25H39BrN4O2. The summed E-state index contributed by atoms with van der Waals surface area (Å²) in [5.41, 5.74) is 8.23. The zero-order valence-corrected chi connectivity index (χ0v) is 21.4. The van der Waals surface area contributed by atoms with Crippen LogP contribution in [0.2, 0.25) is 0 Å². The topological polar surface area (TPSA) is 70.8 Å². The van der Waals surface area contributed by atoms with E-state index in [0.29, 0.717) is 19.1 Å². The molecule has 0 radical (unpaired) electrons. The highest BCUT2D eigenvalue weighted by Crippen LogP contribution is 2.36. The standard InChI is InChI=1S/C24H36N4O2.CH3Br/c1-4-7-22(27(2)3)21-16-20(10-11-23(21)30-15-13-25)26-24(29)28-14-12-18-8-5-6-9-19(18)17-28;1-2/h4,7,10-11,16,18-19H,1,5-6,8-9,12-15,17,25H2,2-3H3,(H,26,29);1H3/b22-7-;. The highest BCUT2D eigenvalue weighted by Gasteiger charge is 2.33. The summed E-state index contributed by atoms with van der Waals surface area (Å²) in [4.78, 5) is 17.0. The summed E-state index contributed by atoms with van der Waals surface area (Å²) in [5.74, 6) is 4.02. The van der Waals surface area contributed by atoms with Crippen molar-refractivity contribution < 1.29 is 9.53 Å². The molecule has 1 aromatic carbocycles. The van der Waals surface area contributed by atoms with Gasteiger partial charge in [-0.1, -0.05) is 47.8 Å². The van der Waals surface area contributed by atoms with Crippen molar-refractivity contribution in [3.05, 3.63) is 42.5 Å². The van der Waals surface area contributed by atoms with E-state index >= 15 is 0 Å². The zero-order valence-electron chi connectivity index (χ0n) is 19.8. The fourth-order valence-electron chi connectivity index (χ4n) is 4.68. The predicted octanol–water partition coefficient (Wildman–Crippen LogP) is 5.17. The lowest BCUT2D eigenvalue weighted by Crippen LogP contribution is -2.46. The third-order valence-electron chi connectivity index (χ3n) is 6.22. The molecule has 7 heteroatoms. The average Bonchev–Trinajstić information content (AvgIpc) is 2.82. The van der Waals surface area contributed by atoms with Crippen LogP contribution in [0.1, 0.15) is 37.7 Å². The number of amides is 2. The molecule has 6 nitrogen and oxygen atoms in total. The number of rotatable bonds is 7. The number of allylic oxidation sites excluding steroid dienone is 2. The Hall–Kier alpha value is -1.99. The van der Waals surface area contributed by atoms with Crippen LogP contribution in [0.15, 0.2) is 36.9 Å². The minimum Gasteiger partial charge on any atom is -0.492 e. The van der Waals surface area contributed by atoms with Crippen molar-refractivity contribution in [3.63, 3.8) is 0 Å². The van der Waals surface area contributed by atoms with Crippen molar-refractivity contribution in [2.45, 2.75) is 32.1 Å². The van der Waals surface area contributed by atoms with Crippen molar-refractivity contribution in [1.29, 1.82) is 0 Å². The second kappa shape index (κ2) is 13.5. The van der Waals surface area contributed by atoms with Crippen molar-refractivity contribution in [3.8, 4) is 5.75 Å². The number of ether oxygens (including phenoxy) is 1. The van der Waals surface area contributed by atoms with Crippen molar-refractivity contribution in [2.75, 3.05) is 51.5 Å². The van der Waals surface area contributed by atoms with Crippen LogP contribution in [0.4, 0.5) is 10.5 Å². The largest absolute Gasteiger partial charge is 0.492 e. The van der Waals surface area contributed by atoms with E-state index in [9.17, 15) is 4.79 Å². The molecule has 0 spiro atoms. The molecule has 1 saturated heterocycles. The van der Waals surface area contributed by atoms with Gasteiger partial charge >= 0.3 is 6.03 Å². The minimum absolute atomic E-state index is 0.0142. The number of likely N-dealkylation sites (tertiary alicyclic amines) is 1. The van der Waals surface area contributed by atoms with Crippen LogP contribution in [0, 0.1) is 11.8 Å². The molecule has 1 aromatic rings. The minimum atomic E-state index is -0.0142. The number of benzene rings is 1. The maximum atomic E-state index is 13.0. The number of nitrogens with one attached hydrogen (secondary N) is 1. The number of anilines is 1. The summed E-state index contributed by atoms with van der Waals surface area (Å²) in [7, 11) is 3.95. The van der Waals surface area contributed by atoms with Gasteiger partial charge in [0.25, 0.3) is 0 Å². The number of carbonyl (C=O) groups is 1. The molecule has 3 rings (SSSR count). The van der Waals surface area contributed by atoms with Crippen LogP contribution in [0.25, 0.3) is 5.70 Å². The fourth-order valence-corrected chi connectivity index (χ4v) is 4.68. The van der Waals surface area contributed by atoms with E-state index in [-0.39, 0.29) is 6.03 Å². The predicted molar refractivity (Wildman–Crippen MR) is 138 cm³/mol. The van der Waals surface area contributed by atoms with Gasteiger partial charge in [0.15, 0.2) is 0 Å². The second-order valence-corrected chi connectivity index (χ2v) is 8.50. The average molecular weight is 508 g/mol. The van der Waals surface area contributed by atoms with E-state index in [2.05, 4.69) is 27.8 Å². The number of piperidine rings is 1. The Bertz CT molecular complexity index is 781. The number of urea groups is 1. The lowest BCUT2D eigenvalue weighted by atomic mass is 9.75. The van der Waals surface area contributed by atoms with Gasteiger partial charge in [0.2, 0.25) is 0 Å². The Morgan fingerprint density at radius 3 is 2.66 bits per heavy atom. The van der Waals surface area contributed by atoms with Gasteiger partial charge in [0, 0.05) is 50.7 Å². The number of carbonyl (C=O) groups excluding carboxylic acids is 1. The summed E-state index contributed by atoms with van der Waals surface area (Å²) in [6.45, 7) is 6.42. The monoisotopic (exact) mass is 506 g/mol. The molecule has 2 aliphatic rings. The van der Waals surface area contributed by atoms with Gasteiger partial charge in [0.1, 0.15) is 12.4 Å². The first-order valence-corrected chi connectivity index (χ1v) is 13.0. The molecule has 1 heterocycles. The number of fused-ring (bicyclic) bond motifs is 1. The molecule has 2 atom stereocenters. The Labute approximate surface area is 202 Å². The number of hydrogen-bond donors (Lipinski definition) is 2. The number of halogens is 1. The third kappa shape index (κ3) is 7.01. The van der Waals surface area contributed by atoms with Crippen LogP contribution >= 0.6 is 15.9 Å². The maximum absolute atomic E-state index is 13.0. The number of nitrogens with two attached hydrogens (primary N) is 1. The first-order valence-electron chi connectivity index (χ1n) is 11.4. The Morgan fingerprint density at radius 2 is 2.00 bits per heavy atom. The van der Waals surface area contributed by atoms with E-state index in [4.69, 9.17) is 10.5 Å². The van der Waals surface area contributed by atoms with E-state index in [1.165, 1.54) is 25.7 Å². The molecule has 178 valence electrons. The first kappa shape index (κ1) is 26.3. The van der Waals surface area contributed by atoms with Crippen LogP contribution in [0.3, 0.4) is 0 Å². The number of nitrogens with zero attached hydrogens (tertiary/aromatic N) is 2. The first-order chi connectivity index (χ1) is 15.5. The molecule has 2 unspecified atom stereocenters. The van der Waals surface area contributed by atoms with Crippen LogP contribution in [0.5, 0.6) is 5.75 Å². The van der Waals surface area contributed by atoms with Gasteiger partial charge in [-0.15, -0.1) is 0 Å². The van der Waals surface area contributed by atoms with Crippen LogP contribution in [-0.2, 0) is 0 Å².